The lowest BCUT2D eigenvalue weighted by Crippen LogP contribution is -2.39. The van der Waals surface area contributed by atoms with Crippen molar-refractivity contribution in [2.24, 2.45) is 0 Å². The van der Waals surface area contributed by atoms with E-state index in [0.717, 1.165) is 24.5 Å². The zero-order chi connectivity index (χ0) is 12.3. The number of nitrogens with one attached hydrogen (secondary N) is 1. The zero-order valence-corrected chi connectivity index (χ0v) is 11.2. The van der Waals surface area contributed by atoms with Gasteiger partial charge in [0.25, 0.3) is 0 Å². The van der Waals surface area contributed by atoms with Gasteiger partial charge in [-0.05, 0) is 44.4 Å². The van der Waals surface area contributed by atoms with Gasteiger partial charge in [-0.2, -0.15) is 0 Å². The quantitative estimate of drug-likeness (QED) is 0.890. The molecule has 0 amide bonds. The van der Waals surface area contributed by atoms with E-state index < -0.39 is 0 Å². The molecule has 0 aromatic heterocycles. The van der Waals surface area contributed by atoms with Crippen LogP contribution in [0.5, 0.6) is 0 Å². The molecule has 1 aromatic rings. The highest BCUT2D eigenvalue weighted by Crippen LogP contribution is 2.21. The Morgan fingerprint density at radius 1 is 1.47 bits per heavy atom. The van der Waals surface area contributed by atoms with Crippen LogP contribution in [0.2, 0.25) is 5.02 Å². The Hall–Kier alpha value is -0.570. The topological polar surface area (TPSA) is 21.3 Å². The first-order valence-corrected chi connectivity index (χ1v) is 6.66. The molecule has 1 aliphatic heterocycles. The summed E-state index contributed by atoms with van der Waals surface area (Å²) in [7, 11) is 0. The van der Waals surface area contributed by atoms with E-state index in [9.17, 15) is 0 Å². The van der Waals surface area contributed by atoms with Crippen molar-refractivity contribution in [2.45, 2.75) is 44.9 Å². The summed E-state index contributed by atoms with van der Waals surface area (Å²) in [6, 6.07) is 8.95. The van der Waals surface area contributed by atoms with Crippen LogP contribution in [0.4, 0.5) is 0 Å². The maximum absolute atomic E-state index is 6.01. The average molecular weight is 254 g/mol. The van der Waals surface area contributed by atoms with Gasteiger partial charge >= 0.3 is 0 Å². The Balaban J connectivity index is 1.94. The summed E-state index contributed by atoms with van der Waals surface area (Å²) in [5, 5.41) is 4.46. The minimum Gasteiger partial charge on any atom is -0.378 e. The average Bonchev–Trinajstić information content (AvgIpc) is 2.29. The SMILES string of the molecule is CC1CC(NC(C)c2cccc(Cl)c2)CCO1. The summed E-state index contributed by atoms with van der Waals surface area (Å²) in [5.41, 5.74) is 1.25. The molecule has 1 aromatic carbocycles. The fourth-order valence-electron chi connectivity index (χ4n) is 2.38. The highest BCUT2D eigenvalue weighted by atomic mass is 35.5. The lowest BCUT2D eigenvalue weighted by molar-refractivity contribution is 0.0116. The lowest BCUT2D eigenvalue weighted by atomic mass is 10.0. The molecule has 0 aliphatic carbocycles. The number of ether oxygens (including phenoxy) is 1. The molecule has 1 heterocycles. The van der Waals surface area contributed by atoms with Crippen molar-refractivity contribution in [1.29, 1.82) is 0 Å². The molecule has 1 aliphatic rings. The third-order valence-corrected chi connectivity index (χ3v) is 3.55. The molecule has 0 saturated carbocycles. The molecule has 0 radical (unpaired) electrons. The first-order valence-electron chi connectivity index (χ1n) is 6.28. The molecule has 2 rings (SSSR count). The molecular weight excluding hydrogens is 234 g/mol. The highest BCUT2D eigenvalue weighted by Gasteiger charge is 2.20. The van der Waals surface area contributed by atoms with E-state index in [1.807, 2.05) is 18.2 Å². The largest absolute Gasteiger partial charge is 0.378 e. The highest BCUT2D eigenvalue weighted by molar-refractivity contribution is 6.30. The molecular formula is C14H20ClNO. The van der Waals surface area contributed by atoms with Crippen LogP contribution in [0.15, 0.2) is 24.3 Å². The van der Waals surface area contributed by atoms with Crippen LogP contribution < -0.4 is 5.32 Å². The van der Waals surface area contributed by atoms with Gasteiger partial charge in [0.1, 0.15) is 0 Å². The van der Waals surface area contributed by atoms with Crippen LogP contribution in [-0.4, -0.2) is 18.8 Å². The Morgan fingerprint density at radius 3 is 3.00 bits per heavy atom. The number of halogens is 1. The summed E-state index contributed by atoms with van der Waals surface area (Å²) in [6.45, 7) is 5.19. The molecule has 3 heteroatoms. The summed E-state index contributed by atoms with van der Waals surface area (Å²) < 4.78 is 5.55. The smallest absolute Gasteiger partial charge is 0.0561 e. The molecule has 1 saturated heterocycles. The third-order valence-electron chi connectivity index (χ3n) is 3.32. The summed E-state index contributed by atoms with van der Waals surface area (Å²) in [5.74, 6) is 0. The first kappa shape index (κ1) is 12.9. The van der Waals surface area contributed by atoms with Crippen molar-refractivity contribution in [3.8, 4) is 0 Å². The summed E-state index contributed by atoms with van der Waals surface area (Å²) >= 11 is 6.01. The second-order valence-electron chi connectivity index (χ2n) is 4.85. The fourth-order valence-corrected chi connectivity index (χ4v) is 2.57. The van der Waals surface area contributed by atoms with E-state index in [0.29, 0.717) is 18.2 Å². The van der Waals surface area contributed by atoms with Crippen LogP contribution in [0.25, 0.3) is 0 Å². The van der Waals surface area contributed by atoms with E-state index in [-0.39, 0.29) is 0 Å². The van der Waals surface area contributed by atoms with Crippen molar-refractivity contribution in [2.75, 3.05) is 6.61 Å². The molecule has 0 bridgehead atoms. The molecule has 2 nitrogen and oxygen atoms in total. The zero-order valence-electron chi connectivity index (χ0n) is 10.4. The van der Waals surface area contributed by atoms with Crippen LogP contribution in [0.1, 0.15) is 38.3 Å². The number of hydrogen-bond acceptors (Lipinski definition) is 2. The van der Waals surface area contributed by atoms with Gasteiger partial charge in [0.2, 0.25) is 0 Å². The molecule has 1 N–H and O–H groups in total. The van der Waals surface area contributed by atoms with Crippen molar-refractivity contribution in [3.63, 3.8) is 0 Å². The van der Waals surface area contributed by atoms with E-state index in [2.05, 4.69) is 25.2 Å². The number of hydrogen-bond donors (Lipinski definition) is 1. The van der Waals surface area contributed by atoms with Gasteiger partial charge in [0.05, 0.1) is 6.10 Å². The van der Waals surface area contributed by atoms with Crippen LogP contribution in [-0.2, 0) is 4.74 Å². The van der Waals surface area contributed by atoms with Crippen molar-refractivity contribution < 1.29 is 4.74 Å². The second-order valence-corrected chi connectivity index (χ2v) is 5.28. The molecule has 3 atom stereocenters. The van der Waals surface area contributed by atoms with E-state index >= 15 is 0 Å². The summed E-state index contributed by atoms with van der Waals surface area (Å²) in [4.78, 5) is 0. The van der Waals surface area contributed by atoms with Gasteiger partial charge in [0, 0.05) is 23.7 Å². The van der Waals surface area contributed by atoms with Gasteiger partial charge < -0.3 is 10.1 Å². The predicted octanol–water partition coefficient (Wildman–Crippen LogP) is 3.56. The Bertz CT molecular complexity index is 369. The van der Waals surface area contributed by atoms with Crippen molar-refractivity contribution in [3.05, 3.63) is 34.9 Å². The standard InChI is InChI=1S/C14H20ClNO/c1-10-8-14(6-7-17-10)16-11(2)12-4-3-5-13(15)9-12/h3-5,9-11,14,16H,6-8H2,1-2H3. The Labute approximate surface area is 108 Å². The minimum atomic E-state index is 0.337. The lowest BCUT2D eigenvalue weighted by Gasteiger charge is -2.30. The van der Waals surface area contributed by atoms with Crippen LogP contribution >= 0.6 is 11.6 Å². The maximum atomic E-state index is 6.01. The van der Waals surface area contributed by atoms with E-state index in [1.54, 1.807) is 0 Å². The van der Waals surface area contributed by atoms with Gasteiger partial charge in [-0.1, -0.05) is 23.7 Å². The minimum absolute atomic E-state index is 0.337. The van der Waals surface area contributed by atoms with Gasteiger partial charge in [0.15, 0.2) is 0 Å². The normalized spacial score (nSPS) is 26.8. The summed E-state index contributed by atoms with van der Waals surface area (Å²) in [6.07, 6.45) is 2.55. The van der Waals surface area contributed by atoms with Gasteiger partial charge in [-0.15, -0.1) is 0 Å². The Kier molecular flexibility index (Phi) is 4.43. The number of benzene rings is 1. The molecule has 0 spiro atoms. The predicted molar refractivity (Wildman–Crippen MR) is 71.4 cm³/mol. The van der Waals surface area contributed by atoms with Gasteiger partial charge in [-0.25, -0.2) is 0 Å². The van der Waals surface area contributed by atoms with Crippen molar-refractivity contribution in [1.82, 2.24) is 5.32 Å². The molecule has 1 fully saturated rings. The molecule has 3 unspecified atom stereocenters. The molecule has 17 heavy (non-hydrogen) atoms. The fraction of sp³-hybridized carbons (Fsp3) is 0.571. The van der Waals surface area contributed by atoms with Gasteiger partial charge in [-0.3, -0.25) is 0 Å². The van der Waals surface area contributed by atoms with Crippen LogP contribution in [0.3, 0.4) is 0 Å². The van der Waals surface area contributed by atoms with E-state index in [1.165, 1.54) is 5.56 Å². The second kappa shape index (κ2) is 5.85. The number of rotatable bonds is 3. The maximum Gasteiger partial charge on any atom is 0.0561 e. The molecule has 94 valence electrons. The Morgan fingerprint density at radius 2 is 2.29 bits per heavy atom. The monoisotopic (exact) mass is 253 g/mol. The van der Waals surface area contributed by atoms with Crippen molar-refractivity contribution >= 4 is 11.6 Å². The third kappa shape index (κ3) is 3.70. The van der Waals surface area contributed by atoms with Crippen LogP contribution in [0, 0.1) is 0 Å². The van der Waals surface area contributed by atoms with E-state index in [4.69, 9.17) is 16.3 Å². The first-order chi connectivity index (χ1) is 8.15.